The minimum atomic E-state index is -0.213. The SMILES string of the molecule is C=C(C)C(=O)OC1CC2CCC23C(C)(C)C13C. The molecule has 4 unspecified atom stereocenters. The maximum Gasteiger partial charge on any atom is 0.333 e. The summed E-state index contributed by atoms with van der Waals surface area (Å²) in [5.41, 5.74) is 1.52. The van der Waals surface area contributed by atoms with Crippen molar-refractivity contribution in [2.45, 2.75) is 53.1 Å². The predicted octanol–water partition coefficient (Wildman–Crippen LogP) is 3.32. The lowest BCUT2D eigenvalue weighted by Gasteiger charge is -2.38. The van der Waals surface area contributed by atoms with Gasteiger partial charge in [-0.3, -0.25) is 0 Å². The van der Waals surface area contributed by atoms with Crippen LogP contribution in [0, 0.1) is 22.2 Å². The molecule has 3 aliphatic rings. The molecule has 3 aliphatic carbocycles. The first-order valence-electron chi connectivity index (χ1n) is 6.65. The Hall–Kier alpha value is -0.790. The third-order valence-electron chi connectivity index (χ3n) is 6.60. The van der Waals surface area contributed by atoms with Crippen LogP contribution in [0.3, 0.4) is 0 Å². The minimum absolute atomic E-state index is 0.106. The van der Waals surface area contributed by atoms with Gasteiger partial charge in [0.2, 0.25) is 0 Å². The average Bonchev–Trinajstić information content (AvgIpc) is 2.54. The van der Waals surface area contributed by atoms with Crippen LogP contribution in [0.2, 0.25) is 0 Å². The lowest BCUT2D eigenvalue weighted by Crippen LogP contribution is -2.31. The fourth-order valence-electron chi connectivity index (χ4n) is 5.31. The van der Waals surface area contributed by atoms with Crippen LogP contribution in [-0.4, -0.2) is 12.1 Å². The van der Waals surface area contributed by atoms with E-state index in [0.717, 1.165) is 12.3 Å². The maximum atomic E-state index is 11.7. The zero-order valence-corrected chi connectivity index (χ0v) is 11.3. The lowest BCUT2D eigenvalue weighted by atomic mass is 9.66. The highest BCUT2D eigenvalue weighted by atomic mass is 16.5. The number of hydrogen-bond donors (Lipinski definition) is 0. The molecule has 4 atom stereocenters. The zero-order valence-electron chi connectivity index (χ0n) is 11.3. The summed E-state index contributed by atoms with van der Waals surface area (Å²) >= 11 is 0. The van der Waals surface area contributed by atoms with Gasteiger partial charge in [-0.15, -0.1) is 0 Å². The summed E-state index contributed by atoms with van der Waals surface area (Å²) in [7, 11) is 0. The molecular weight excluding hydrogens is 212 g/mol. The molecule has 0 bridgehead atoms. The van der Waals surface area contributed by atoms with Gasteiger partial charge in [-0.25, -0.2) is 4.79 Å². The lowest BCUT2D eigenvalue weighted by molar-refractivity contribution is -0.148. The number of esters is 1. The van der Waals surface area contributed by atoms with Crippen LogP contribution >= 0.6 is 0 Å². The molecule has 3 saturated carbocycles. The third-order valence-corrected chi connectivity index (χ3v) is 6.60. The first-order chi connectivity index (χ1) is 7.79. The topological polar surface area (TPSA) is 26.3 Å². The van der Waals surface area contributed by atoms with E-state index in [4.69, 9.17) is 4.74 Å². The molecule has 94 valence electrons. The van der Waals surface area contributed by atoms with Crippen LogP contribution < -0.4 is 0 Å². The van der Waals surface area contributed by atoms with Gasteiger partial charge in [0.15, 0.2) is 0 Å². The van der Waals surface area contributed by atoms with E-state index in [9.17, 15) is 4.79 Å². The maximum absolute atomic E-state index is 11.7. The molecule has 0 amide bonds. The van der Waals surface area contributed by atoms with Crippen molar-refractivity contribution in [1.82, 2.24) is 0 Å². The summed E-state index contributed by atoms with van der Waals surface area (Å²) in [6.45, 7) is 12.4. The predicted molar refractivity (Wildman–Crippen MR) is 66.4 cm³/mol. The van der Waals surface area contributed by atoms with Crippen molar-refractivity contribution in [2.24, 2.45) is 22.2 Å². The van der Waals surface area contributed by atoms with Crippen molar-refractivity contribution < 1.29 is 9.53 Å². The van der Waals surface area contributed by atoms with Crippen LogP contribution in [0.4, 0.5) is 0 Å². The molecule has 17 heavy (non-hydrogen) atoms. The summed E-state index contributed by atoms with van der Waals surface area (Å²) in [6, 6.07) is 0. The number of ether oxygens (including phenoxy) is 1. The van der Waals surface area contributed by atoms with Crippen LogP contribution in [0.25, 0.3) is 0 Å². The van der Waals surface area contributed by atoms with E-state index in [1.807, 2.05) is 0 Å². The Morgan fingerprint density at radius 1 is 1.35 bits per heavy atom. The van der Waals surface area contributed by atoms with E-state index in [-0.39, 0.29) is 17.5 Å². The molecular formula is C15H22O2. The van der Waals surface area contributed by atoms with Crippen molar-refractivity contribution in [1.29, 1.82) is 0 Å². The summed E-state index contributed by atoms with van der Waals surface area (Å²) in [4.78, 5) is 11.7. The second-order valence-electron chi connectivity index (χ2n) is 6.94. The van der Waals surface area contributed by atoms with Gasteiger partial charge in [0, 0.05) is 11.0 Å². The van der Waals surface area contributed by atoms with Crippen LogP contribution in [-0.2, 0) is 9.53 Å². The second kappa shape index (κ2) is 2.78. The molecule has 3 fully saturated rings. The molecule has 3 rings (SSSR count). The van der Waals surface area contributed by atoms with Gasteiger partial charge in [0.25, 0.3) is 0 Å². The highest BCUT2D eigenvalue weighted by molar-refractivity contribution is 5.87. The number of carbonyl (C=O) groups excluding carboxylic acids is 1. The molecule has 2 heteroatoms. The van der Waals surface area contributed by atoms with Crippen LogP contribution in [0.1, 0.15) is 47.0 Å². The Morgan fingerprint density at radius 2 is 2.00 bits per heavy atom. The fraction of sp³-hybridized carbons (Fsp3) is 0.800. The van der Waals surface area contributed by atoms with E-state index in [1.165, 1.54) is 12.8 Å². The van der Waals surface area contributed by atoms with E-state index < -0.39 is 0 Å². The quantitative estimate of drug-likeness (QED) is 0.541. The minimum Gasteiger partial charge on any atom is -0.458 e. The second-order valence-corrected chi connectivity index (χ2v) is 6.94. The van der Waals surface area contributed by atoms with Crippen molar-refractivity contribution in [2.75, 3.05) is 0 Å². The summed E-state index contributed by atoms with van der Waals surface area (Å²) in [5, 5.41) is 0. The van der Waals surface area contributed by atoms with Gasteiger partial charge in [-0.05, 0) is 42.9 Å². The highest BCUT2D eigenvalue weighted by Gasteiger charge is 2.90. The Bertz CT molecular complexity index is 423. The molecule has 0 radical (unpaired) electrons. The largest absolute Gasteiger partial charge is 0.458 e. The van der Waals surface area contributed by atoms with E-state index in [1.54, 1.807) is 6.92 Å². The molecule has 2 nitrogen and oxygen atoms in total. The fourth-order valence-corrected chi connectivity index (χ4v) is 5.31. The van der Waals surface area contributed by atoms with Crippen LogP contribution in [0.15, 0.2) is 12.2 Å². The van der Waals surface area contributed by atoms with Gasteiger partial charge >= 0.3 is 5.97 Å². The van der Waals surface area contributed by atoms with E-state index in [0.29, 0.717) is 16.4 Å². The van der Waals surface area contributed by atoms with Gasteiger partial charge in [0.05, 0.1) is 0 Å². The van der Waals surface area contributed by atoms with Gasteiger partial charge < -0.3 is 4.74 Å². The van der Waals surface area contributed by atoms with Gasteiger partial charge in [0.1, 0.15) is 6.10 Å². The van der Waals surface area contributed by atoms with E-state index in [2.05, 4.69) is 27.4 Å². The van der Waals surface area contributed by atoms with Crippen molar-refractivity contribution >= 4 is 5.97 Å². The van der Waals surface area contributed by atoms with Crippen LogP contribution in [0.5, 0.6) is 0 Å². The zero-order chi connectivity index (χ0) is 12.6. The number of carbonyl (C=O) groups is 1. The number of rotatable bonds is 2. The number of hydrogen-bond acceptors (Lipinski definition) is 2. The molecule has 0 saturated heterocycles. The molecule has 0 heterocycles. The molecule has 0 aliphatic heterocycles. The highest BCUT2D eigenvalue weighted by Crippen LogP contribution is 2.92. The normalized spacial score (nSPS) is 48.7. The first-order valence-corrected chi connectivity index (χ1v) is 6.65. The van der Waals surface area contributed by atoms with E-state index >= 15 is 0 Å². The summed E-state index contributed by atoms with van der Waals surface area (Å²) in [5.74, 6) is 0.570. The summed E-state index contributed by atoms with van der Waals surface area (Å²) < 4.78 is 5.70. The molecule has 0 N–H and O–H groups in total. The van der Waals surface area contributed by atoms with Crippen molar-refractivity contribution in [3.05, 3.63) is 12.2 Å². The standard InChI is InChI=1S/C15H22O2/c1-9(2)12(16)17-11-8-10-6-7-15(10)13(3,4)14(11,15)5/h10-11H,1,6-8H2,2-5H3. The Balaban J connectivity index is 1.86. The monoisotopic (exact) mass is 234 g/mol. The average molecular weight is 234 g/mol. The molecule has 0 aromatic heterocycles. The Morgan fingerprint density at radius 3 is 2.35 bits per heavy atom. The van der Waals surface area contributed by atoms with Crippen molar-refractivity contribution in [3.8, 4) is 0 Å². The Kier molecular flexibility index (Phi) is 1.85. The summed E-state index contributed by atoms with van der Waals surface area (Å²) in [6.07, 6.45) is 3.82. The third kappa shape index (κ3) is 0.903. The molecule has 1 spiro atoms. The first kappa shape index (κ1) is 11.3. The van der Waals surface area contributed by atoms with Gasteiger partial charge in [-0.2, -0.15) is 0 Å². The molecule has 0 aromatic rings. The van der Waals surface area contributed by atoms with Crippen molar-refractivity contribution in [3.63, 3.8) is 0 Å². The molecule has 0 aromatic carbocycles. The Labute approximate surface area is 103 Å². The van der Waals surface area contributed by atoms with Gasteiger partial charge in [-0.1, -0.05) is 27.4 Å². The smallest absolute Gasteiger partial charge is 0.333 e.